The van der Waals surface area contributed by atoms with Crippen molar-refractivity contribution >= 4 is 16.9 Å². The zero-order chi connectivity index (χ0) is 12.7. The third-order valence-electron chi connectivity index (χ3n) is 4.08. The Hall–Kier alpha value is -1.77. The summed E-state index contributed by atoms with van der Waals surface area (Å²) in [6.07, 6.45) is 5.74. The van der Waals surface area contributed by atoms with Gasteiger partial charge in [0.25, 0.3) is 0 Å². The van der Waals surface area contributed by atoms with Gasteiger partial charge in [0.05, 0.1) is 5.92 Å². The molecule has 1 unspecified atom stereocenters. The number of aliphatic carboxylic acids is 1. The molecule has 0 saturated heterocycles. The Morgan fingerprint density at radius 1 is 1.39 bits per heavy atom. The molecule has 1 N–H and O–H groups in total. The first-order valence-electron chi connectivity index (χ1n) is 6.50. The van der Waals surface area contributed by atoms with Crippen LogP contribution in [0.2, 0.25) is 0 Å². The highest BCUT2D eigenvalue weighted by Gasteiger charge is 2.25. The van der Waals surface area contributed by atoms with E-state index in [-0.39, 0.29) is 0 Å². The van der Waals surface area contributed by atoms with Gasteiger partial charge < -0.3 is 9.67 Å². The van der Waals surface area contributed by atoms with Gasteiger partial charge in [-0.25, -0.2) is 0 Å². The van der Waals surface area contributed by atoms with Crippen molar-refractivity contribution in [1.29, 1.82) is 0 Å². The molecule has 1 heterocycles. The van der Waals surface area contributed by atoms with Crippen molar-refractivity contribution in [3.63, 3.8) is 0 Å². The van der Waals surface area contributed by atoms with Crippen molar-refractivity contribution in [2.45, 2.75) is 38.1 Å². The van der Waals surface area contributed by atoms with Crippen LogP contribution in [0.5, 0.6) is 0 Å². The fourth-order valence-electron chi connectivity index (χ4n) is 2.68. The van der Waals surface area contributed by atoms with Crippen LogP contribution in [0.1, 0.15) is 43.7 Å². The Bertz CT molecular complexity index is 596. The van der Waals surface area contributed by atoms with Gasteiger partial charge in [-0.05, 0) is 37.8 Å². The van der Waals surface area contributed by atoms with Crippen LogP contribution >= 0.6 is 0 Å². The molecule has 94 valence electrons. The number of carboxylic acid groups (broad SMARTS) is 1. The van der Waals surface area contributed by atoms with Crippen LogP contribution in [0.3, 0.4) is 0 Å². The summed E-state index contributed by atoms with van der Waals surface area (Å²) in [7, 11) is 0. The molecule has 3 heteroatoms. The lowest BCUT2D eigenvalue weighted by Crippen LogP contribution is -2.16. The second-order valence-electron chi connectivity index (χ2n) is 5.15. The van der Waals surface area contributed by atoms with Crippen molar-refractivity contribution in [2.24, 2.45) is 0 Å². The molecule has 1 aliphatic carbocycles. The largest absolute Gasteiger partial charge is 0.481 e. The number of aromatic nitrogens is 1. The predicted molar refractivity (Wildman–Crippen MR) is 70.9 cm³/mol. The molecule has 1 aromatic heterocycles. The van der Waals surface area contributed by atoms with Gasteiger partial charge >= 0.3 is 5.97 Å². The number of para-hydroxylation sites is 1. The average molecular weight is 243 g/mol. The highest BCUT2D eigenvalue weighted by Crippen LogP contribution is 2.37. The monoisotopic (exact) mass is 243 g/mol. The molecule has 0 bridgehead atoms. The highest BCUT2D eigenvalue weighted by molar-refractivity contribution is 5.89. The average Bonchev–Trinajstić information content (AvgIpc) is 2.66. The van der Waals surface area contributed by atoms with Gasteiger partial charge in [-0.1, -0.05) is 18.2 Å². The van der Waals surface area contributed by atoms with E-state index >= 15 is 0 Å². The van der Waals surface area contributed by atoms with Crippen LogP contribution in [0, 0.1) is 0 Å². The number of benzene rings is 1. The molecular formula is C15H17NO2. The second-order valence-corrected chi connectivity index (χ2v) is 5.15. The number of fused-ring (bicyclic) bond motifs is 1. The number of nitrogens with zero attached hydrogens (tertiary/aromatic N) is 1. The molecule has 18 heavy (non-hydrogen) atoms. The van der Waals surface area contributed by atoms with E-state index in [9.17, 15) is 9.90 Å². The van der Waals surface area contributed by atoms with Crippen LogP contribution in [0.4, 0.5) is 0 Å². The molecule has 3 rings (SSSR count). The summed E-state index contributed by atoms with van der Waals surface area (Å²) in [5.41, 5.74) is 2.11. The smallest absolute Gasteiger partial charge is 0.310 e. The first kappa shape index (κ1) is 11.3. The van der Waals surface area contributed by atoms with Gasteiger partial charge in [0.15, 0.2) is 0 Å². The van der Waals surface area contributed by atoms with Crippen LogP contribution in [0.25, 0.3) is 10.9 Å². The quantitative estimate of drug-likeness (QED) is 0.895. The molecule has 0 aliphatic heterocycles. The summed E-state index contributed by atoms with van der Waals surface area (Å²) in [4.78, 5) is 11.2. The first-order chi connectivity index (χ1) is 8.68. The second kappa shape index (κ2) is 4.16. The minimum atomic E-state index is -0.758. The maximum Gasteiger partial charge on any atom is 0.310 e. The Balaban J connectivity index is 2.16. The van der Waals surface area contributed by atoms with Gasteiger partial charge in [-0.2, -0.15) is 0 Å². The lowest BCUT2D eigenvalue weighted by atomic mass is 9.93. The van der Waals surface area contributed by atoms with E-state index in [0.29, 0.717) is 6.04 Å². The molecule has 1 fully saturated rings. The lowest BCUT2D eigenvalue weighted by molar-refractivity contribution is -0.138. The number of hydrogen-bond acceptors (Lipinski definition) is 1. The van der Waals surface area contributed by atoms with Crippen LogP contribution in [-0.4, -0.2) is 15.6 Å². The molecule has 0 spiro atoms. The van der Waals surface area contributed by atoms with Gasteiger partial charge in [0.2, 0.25) is 0 Å². The predicted octanol–water partition coefficient (Wildman–Crippen LogP) is 3.55. The van der Waals surface area contributed by atoms with Gasteiger partial charge in [0, 0.05) is 23.1 Å². The molecule has 0 radical (unpaired) electrons. The normalized spacial score (nSPS) is 17.6. The van der Waals surface area contributed by atoms with Crippen molar-refractivity contribution < 1.29 is 9.90 Å². The first-order valence-corrected chi connectivity index (χ1v) is 6.50. The number of carbonyl (C=O) groups is 1. The zero-order valence-corrected chi connectivity index (χ0v) is 10.5. The molecule has 1 atom stereocenters. The standard InChI is InChI=1S/C15H17NO2/c1-10(15(17)18)13-9-16(11-5-4-6-11)14-8-3-2-7-12(13)14/h2-3,7-11H,4-6H2,1H3,(H,17,18). The Morgan fingerprint density at radius 2 is 2.11 bits per heavy atom. The number of carboxylic acids is 1. The molecule has 3 nitrogen and oxygen atoms in total. The number of hydrogen-bond donors (Lipinski definition) is 1. The van der Waals surface area contributed by atoms with E-state index in [2.05, 4.69) is 10.6 Å². The lowest BCUT2D eigenvalue weighted by Gasteiger charge is -2.28. The maximum absolute atomic E-state index is 11.2. The van der Waals surface area contributed by atoms with Crippen LogP contribution in [-0.2, 0) is 4.79 Å². The molecule has 1 saturated carbocycles. The SMILES string of the molecule is CC(C(=O)O)c1cn(C2CCC2)c2ccccc12. The minimum Gasteiger partial charge on any atom is -0.481 e. The Labute approximate surface area is 106 Å². The van der Waals surface area contributed by atoms with Crippen molar-refractivity contribution in [3.8, 4) is 0 Å². The van der Waals surface area contributed by atoms with E-state index in [1.165, 1.54) is 24.8 Å². The third kappa shape index (κ3) is 1.62. The van der Waals surface area contributed by atoms with Gasteiger partial charge in [-0.15, -0.1) is 0 Å². The van der Waals surface area contributed by atoms with E-state index in [4.69, 9.17) is 0 Å². The van der Waals surface area contributed by atoms with Gasteiger partial charge in [0.1, 0.15) is 0 Å². The van der Waals surface area contributed by atoms with Gasteiger partial charge in [-0.3, -0.25) is 4.79 Å². The zero-order valence-electron chi connectivity index (χ0n) is 10.5. The fourth-order valence-corrected chi connectivity index (χ4v) is 2.68. The summed E-state index contributed by atoms with van der Waals surface area (Å²) in [6.45, 7) is 1.76. The molecular weight excluding hydrogens is 226 g/mol. The van der Waals surface area contributed by atoms with Crippen molar-refractivity contribution in [1.82, 2.24) is 4.57 Å². The highest BCUT2D eigenvalue weighted by atomic mass is 16.4. The Morgan fingerprint density at radius 3 is 2.72 bits per heavy atom. The van der Waals surface area contributed by atoms with E-state index < -0.39 is 11.9 Å². The van der Waals surface area contributed by atoms with Crippen molar-refractivity contribution in [3.05, 3.63) is 36.0 Å². The fraction of sp³-hybridized carbons (Fsp3) is 0.400. The van der Waals surface area contributed by atoms with E-state index in [1.54, 1.807) is 6.92 Å². The van der Waals surface area contributed by atoms with E-state index in [0.717, 1.165) is 10.9 Å². The number of rotatable bonds is 3. The minimum absolute atomic E-state index is 0.448. The van der Waals surface area contributed by atoms with Crippen LogP contribution in [0.15, 0.2) is 30.5 Å². The summed E-state index contributed by atoms with van der Waals surface area (Å²) in [5.74, 6) is -1.21. The summed E-state index contributed by atoms with van der Waals surface area (Å²) in [6, 6.07) is 8.67. The summed E-state index contributed by atoms with van der Waals surface area (Å²) in [5, 5.41) is 10.3. The van der Waals surface area contributed by atoms with Crippen LogP contribution < -0.4 is 0 Å². The molecule has 0 amide bonds. The Kier molecular flexibility index (Phi) is 2.62. The maximum atomic E-state index is 11.2. The topological polar surface area (TPSA) is 42.2 Å². The third-order valence-corrected chi connectivity index (χ3v) is 4.08. The summed E-state index contributed by atoms with van der Waals surface area (Å²) < 4.78 is 2.27. The summed E-state index contributed by atoms with van der Waals surface area (Å²) >= 11 is 0. The molecule has 1 aromatic carbocycles. The van der Waals surface area contributed by atoms with Crippen molar-refractivity contribution in [2.75, 3.05) is 0 Å². The molecule has 2 aromatic rings. The molecule has 1 aliphatic rings. The van der Waals surface area contributed by atoms with E-state index in [1.807, 2.05) is 24.4 Å².